The largest absolute Gasteiger partial charge is 0.397 e. The molecule has 4 heteroatoms. The van der Waals surface area contributed by atoms with Gasteiger partial charge in [0, 0.05) is 6.54 Å². The fraction of sp³-hybridized carbons (Fsp3) is 0.267. The van der Waals surface area contributed by atoms with Crippen molar-refractivity contribution in [1.29, 1.82) is 0 Å². The van der Waals surface area contributed by atoms with Crippen molar-refractivity contribution in [2.24, 2.45) is 0 Å². The Balaban J connectivity index is 1.91. The van der Waals surface area contributed by atoms with Gasteiger partial charge in [0.05, 0.1) is 17.9 Å². The van der Waals surface area contributed by atoms with Gasteiger partial charge in [-0.15, -0.1) is 0 Å². The topological polar surface area (TPSA) is 42.1 Å². The van der Waals surface area contributed by atoms with Crippen molar-refractivity contribution < 1.29 is 4.39 Å². The predicted molar refractivity (Wildman–Crippen MR) is 74.4 cm³/mol. The van der Waals surface area contributed by atoms with E-state index in [4.69, 9.17) is 5.73 Å². The van der Waals surface area contributed by atoms with Gasteiger partial charge in [0.1, 0.15) is 11.6 Å². The number of pyridine rings is 1. The van der Waals surface area contributed by atoms with E-state index >= 15 is 0 Å². The smallest absolute Gasteiger partial charge is 0.129 e. The molecular formula is C15H16FN3. The average Bonchev–Trinajstić information content (AvgIpc) is 2.89. The van der Waals surface area contributed by atoms with Gasteiger partial charge < -0.3 is 10.6 Å². The first-order chi connectivity index (χ1) is 9.24. The summed E-state index contributed by atoms with van der Waals surface area (Å²) < 4.78 is 13.4. The lowest BCUT2D eigenvalue weighted by Crippen LogP contribution is -2.23. The molecule has 1 saturated heterocycles. The molecule has 98 valence electrons. The van der Waals surface area contributed by atoms with Gasteiger partial charge in [0.25, 0.3) is 0 Å². The number of rotatable bonds is 2. The lowest BCUT2D eigenvalue weighted by atomic mass is 10.0. The molecule has 0 radical (unpaired) electrons. The Morgan fingerprint density at radius 2 is 2.16 bits per heavy atom. The maximum absolute atomic E-state index is 13.4. The van der Waals surface area contributed by atoms with Crippen LogP contribution in [0.5, 0.6) is 0 Å². The predicted octanol–water partition coefficient (Wildman–Crippen LogP) is 3.14. The minimum absolute atomic E-state index is 0.186. The van der Waals surface area contributed by atoms with Gasteiger partial charge in [-0.25, -0.2) is 9.37 Å². The Bertz CT molecular complexity index is 568. The summed E-state index contributed by atoms with van der Waals surface area (Å²) in [5.41, 5.74) is 7.33. The number of hydrogen-bond donors (Lipinski definition) is 1. The molecule has 1 atom stereocenters. The van der Waals surface area contributed by atoms with Crippen LogP contribution in [0.1, 0.15) is 24.4 Å². The molecule has 2 heterocycles. The monoisotopic (exact) mass is 257 g/mol. The first-order valence-electron chi connectivity index (χ1n) is 6.48. The van der Waals surface area contributed by atoms with Crippen molar-refractivity contribution in [3.63, 3.8) is 0 Å². The average molecular weight is 257 g/mol. The summed E-state index contributed by atoms with van der Waals surface area (Å²) >= 11 is 0. The van der Waals surface area contributed by atoms with Crippen LogP contribution in [-0.4, -0.2) is 11.5 Å². The van der Waals surface area contributed by atoms with Gasteiger partial charge in [-0.3, -0.25) is 0 Å². The van der Waals surface area contributed by atoms with Crippen molar-refractivity contribution >= 4 is 11.5 Å². The highest BCUT2D eigenvalue weighted by Crippen LogP contribution is 2.35. The molecule has 3 rings (SSSR count). The third-order valence-electron chi connectivity index (χ3n) is 3.55. The standard InChI is InChI=1S/C15H16FN3/c16-12-4-1-3-11(9-12)14-5-2-8-19(14)15-7-6-13(17)10-18-15/h1,3-4,6-7,9-10,14H,2,5,8,17H2. The van der Waals surface area contributed by atoms with E-state index in [1.165, 1.54) is 6.07 Å². The molecule has 0 bridgehead atoms. The van der Waals surface area contributed by atoms with E-state index in [0.29, 0.717) is 5.69 Å². The second kappa shape index (κ2) is 4.88. The summed E-state index contributed by atoms with van der Waals surface area (Å²) in [5.74, 6) is 0.718. The number of benzene rings is 1. The Morgan fingerprint density at radius 3 is 2.89 bits per heavy atom. The minimum atomic E-state index is -0.186. The Kier molecular flexibility index (Phi) is 3.07. The van der Waals surface area contributed by atoms with Crippen molar-refractivity contribution in [2.45, 2.75) is 18.9 Å². The second-order valence-electron chi connectivity index (χ2n) is 4.86. The van der Waals surface area contributed by atoms with Crippen LogP contribution >= 0.6 is 0 Å². The number of nitrogen functional groups attached to an aromatic ring is 1. The van der Waals surface area contributed by atoms with Crippen LogP contribution in [0.25, 0.3) is 0 Å². The molecule has 0 amide bonds. The van der Waals surface area contributed by atoms with Crippen molar-refractivity contribution in [1.82, 2.24) is 4.98 Å². The van der Waals surface area contributed by atoms with E-state index in [1.54, 1.807) is 18.3 Å². The molecule has 19 heavy (non-hydrogen) atoms. The first-order valence-corrected chi connectivity index (χ1v) is 6.48. The molecule has 0 saturated carbocycles. The summed E-state index contributed by atoms with van der Waals surface area (Å²) in [6.45, 7) is 0.943. The number of aromatic nitrogens is 1. The zero-order valence-corrected chi connectivity index (χ0v) is 10.6. The Morgan fingerprint density at radius 1 is 1.26 bits per heavy atom. The van der Waals surface area contributed by atoms with Crippen LogP contribution < -0.4 is 10.6 Å². The van der Waals surface area contributed by atoms with Crippen LogP contribution in [0.2, 0.25) is 0 Å². The molecule has 2 N–H and O–H groups in total. The zero-order valence-electron chi connectivity index (χ0n) is 10.6. The highest BCUT2D eigenvalue weighted by molar-refractivity contribution is 5.48. The van der Waals surface area contributed by atoms with Gasteiger partial charge in [-0.1, -0.05) is 12.1 Å². The number of nitrogens with two attached hydrogens (primary N) is 1. The van der Waals surface area contributed by atoms with Gasteiger partial charge in [0.15, 0.2) is 0 Å². The molecule has 1 aromatic heterocycles. The van der Waals surface area contributed by atoms with Crippen LogP contribution in [0.3, 0.4) is 0 Å². The zero-order chi connectivity index (χ0) is 13.2. The van der Waals surface area contributed by atoms with E-state index in [1.807, 2.05) is 18.2 Å². The van der Waals surface area contributed by atoms with Crippen LogP contribution in [0.15, 0.2) is 42.6 Å². The van der Waals surface area contributed by atoms with Crippen molar-refractivity contribution in [3.05, 3.63) is 54.0 Å². The lowest BCUT2D eigenvalue weighted by Gasteiger charge is -2.26. The molecule has 1 unspecified atom stereocenters. The Hall–Kier alpha value is -2.10. The highest BCUT2D eigenvalue weighted by Gasteiger charge is 2.27. The molecule has 1 fully saturated rings. The molecule has 2 aromatic rings. The number of nitrogens with zero attached hydrogens (tertiary/aromatic N) is 2. The number of hydrogen-bond acceptors (Lipinski definition) is 3. The third kappa shape index (κ3) is 2.38. The normalized spacial score (nSPS) is 18.8. The fourth-order valence-corrected chi connectivity index (χ4v) is 2.67. The van der Waals surface area contributed by atoms with Gasteiger partial charge in [0.2, 0.25) is 0 Å². The number of anilines is 2. The van der Waals surface area contributed by atoms with E-state index in [9.17, 15) is 4.39 Å². The summed E-state index contributed by atoms with van der Waals surface area (Å²) in [7, 11) is 0. The number of halogens is 1. The molecule has 1 aliphatic heterocycles. The third-order valence-corrected chi connectivity index (χ3v) is 3.55. The van der Waals surface area contributed by atoms with Crippen LogP contribution in [0.4, 0.5) is 15.9 Å². The molecule has 0 aliphatic carbocycles. The molecular weight excluding hydrogens is 241 g/mol. The fourth-order valence-electron chi connectivity index (χ4n) is 2.67. The van der Waals surface area contributed by atoms with Crippen molar-refractivity contribution in [2.75, 3.05) is 17.2 Å². The highest BCUT2D eigenvalue weighted by atomic mass is 19.1. The summed E-state index contributed by atoms with van der Waals surface area (Å²) in [6, 6.07) is 10.8. The molecule has 0 spiro atoms. The molecule has 1 aromatic carbocycles. The molecule has 3 nitrogen and oxygen atoms in total. The maximum Gasteiger partial charge on any atom is 0.129 e. The second-order valence-corrected chi connectivity index (χ2v) is 4.86. The minimum Gasteiger partial charge on any atom is -0.397 e. The van der Waals surface area contributed by atoms with Gasteiger partial charge in [-0.05, 0) is 42.7 Å². The van der Waals surface area contributed by atoms with Crippen LogP contribution in [-0.2, 0) is 0 Å². The summed E-state index contributed by atoms with van der Waals surface area (Å²) in [4.78, 5) is 6.58. The maximum atomic E-state index is 13.4. The lowest BCUT2D eigenvalue weighted by molar-refractivity contribution is 0.618. The van der Waals surface area contributed by atoms with Gasteiger partial charge in [-0.2, -0.15) is 0 Å². The summed E-state index contributed by atoms with van der Waals surface area (Å²) in [5, 5.41) is 0. The molecule has 1 aliphatic rings. The van der Waals surface area contributed by atoms with E-state index in [2.05, 4.69) is 9.88 Å². The quantitative estimate of drug-likeness (QED) is 0.898. The van der Waals surface area contributed by atoms with Gasteiger partial charge >= 0.3 is 0 Å². The van der Waals surface area contributed by atoms with Crippen molar-refractivity contribution in [3.8, 4) is 0 Å². The first kappa shape index (κ1) is 12.0. The van der Waals surface area contributed by atoms with E-state index in [-0.39, 0.29) is 11.9 Å². The van der Waals surface area contributed by atoms with Crippen LogP contribution in [0, 0.1) is 5.82 Å². The van der Waals surface area contributed by atoms with E-state index in [0.717, 1.165) is 30.8 Å². The summed E-state index contributed by atoms with van der Waals surface area (Å²) in [6.07, 6.45) is 3.78. The Labute approximate surface area is 111 Å². The van der Waals surface area contributed by atoms with E-state index < -0.39 is 0 Å². The SMILES string of the molecule is Nc1ccc(N2CCCC2c2cccc(F)c2)nc1.